The largest absolute Gasteiger partial charge is 0.496 e. The Hall–Kier alpha value is -2.14. The molecule has 2 aliphatic rings. The number of aromatic nitrogens is 2. The van der Waals surface area contributed by atoms with Gasteiger partial charge in [-0.2, -0.15) is 0 Å². The van der Waals surface area contributed by atoms with Crippen LogP contribution < -0.4 is 10.3 Å². The lowest BCUT2D eigenvalue weighted by molar-refractivity contribution is 0.316. The van der Waals surface area contributed by atoms with E-state index >= 15 is 0 Å². The minimum atomic E-state index is -0.0534. The zero-order chi connectivity index (χ0) is 18.1. The van der Waals surface area contributed by atoms with Crippen molar-refractivity contribution in [3.05, 3.63) is 56.8 Å². The third-order valence-corrected chi connectivity index (χ3v) is 5.71. The van der Waals surface area contributed by atoms with Gasteiger partial charge in [-0.1, -0.05) is 6.07 Å². The normalized spacial score (nSPS) is 20.2. The Kier molecular flexibility index (Phi) is 4.81. The minimum Gasteiger partial charge on any atom is -0.496 e. The van der Waals surface area contributed by atoms with Gasteiger partial charge in [-0.3, -0.25) is 9.69 Å². The van der Waals surface area contributed by atoms with Crippen LogP contribution in [-0.4, -0.2) is 35.1 Å². The number of aromatic amines is 1. The van der Waals surface area contributed by atoms with Crippen LogP contribution in [0, 0.1) is 6.92 Å². The van der Waals surface area contributed by atoms with Gasteiger partial charge in [0, 0.05) is 30.6 Å². The standard InChI is InChI=1S/C21H27N3O2/c1-14-22-19(11-21(25)23-14)17-7-8-24(12-17)13-18-9-15-5-3-4-6-16(15)10-20(18)26-2/h9-11,17H,3-8,12-13H2,1-2H3,(H,22,23,25)/t17-/m1/s1. The second-order valence-corrected chi connectivity index (χ2v) is 7.62. The number of fused-ring (bicyclic) bond motifs is 1. The fourth-order valence-electron chi connectivity index (χ4n) is 4.40. The van der Waals surface area contributed by atoms with Gasteiger partial charge in [-0.05, 0) is 62.8 Å². The van der Waals surface area contributed by atoms with Gasteiger partial charge in [-0.25, -0.2) is 4.98 Å². The van der Waals surface area contributed by atoms with Crippen LogP contribution in [-0.2, 0) is 19.4 Å². The van der Waals surface area contributed by atoms with Crippen LogP contribution in [0.5, 0.6) is 5.75 Å². The first-order valence-corrected chi connectivity index (χ1v) is 9.61. The van der Waals surface area contributed by atoms with Gasteiger partial charge in [0.1, 0.15) is 11.6 Å². The molecular weight excluding hydrogens is 326 g/mol. The lowest BCUT2D eigenvalue weighted by Crippen LogP contribution is -2.21. The molecule has 1 N–H and O–H groups in total. The zero-order valence-corrected chi connectivity index (χ0v) is 15.7. The third-order valence-electron chi connectivity index (χ3n) is 5.71. The van der Waals surface area contributed by atoms with Crippen molar-refractivity contribution in [3.63, 3.8) is 0 Å². The smallest absolute Gasteiger partial charge is 0.251 e. The molecule has 0 amide bonds. The second-order valence-electron chi connectivity index (χ2n) is 7.62. The molecule has 1 aliphatic carbocycles. The van der Waals surface area contributed by atoms with E-state index in [9.17, 15) is 4.79 Å². The summed E-state index contributed by atoms with van der Waals surface area (Å²) in [5.74, 6) is 2.04. The Labute approximate surface area is 154 Å². The van der Waals surface area contributed by atoms with Gasteiger partial charge in [0.15, 0.2) is 0 Å². The molecule has 0 spiro atoms. The average molecular weight is 353 g/mol. The van der Waals surface area contributed by atoms with Crippen LogP contribution in [0.3, 0.4) is 0 Å². The van der Waals surface area contributed by atoms with Crippen molar-refractivity contribution in [1.29, 1.82) is 0 Å². The van der Waals surface area contributed by atoms with Crippen molar-refractivity contribution >= 4 is 0 Å². The number of ether oxygens (including phenoxy) is 1. The number of methoxy groups -OCH3 is 1. The van der Waals surface area contributed by atoms with Gasteiger partial charge in [0.2, 0.25) is 0 Å². The summed E-state index contributed by atoms with van der Waals surface area (Å²) >= 11 is 0. The van der Waals surface area contributed by atoms with Gasteiger partial charge in [0.05, 0.1) is 12.8 Å². The summed E-state index contributed by atoms with van der Waals surface area (Å²) in [6.07, 6.45) is 5.98. The van der Waals surface area contributed by atoms with E-state index in [1.54, 1.807) is 13.2 Å². The van der Waals surface area contributed by atoms with E-state index < -0.39 is 0 Å². The quantitative estimate of drug-likeness (QED) is 0.918. The summed E-state index contributed by atoms with van der Waals surface area (Å²) in [6, 6.07) is 6.26. The average Bonchev–Trinajstić information content (AvgIpc) is 3.09. The Morgan fingerprint density at radius 1 is 1.23 bits per heavy atom. The Balaban J connectivity index is 1.51. The van der Waals surface area contributed by atoms with Gasteiger partial charge < -0.3 is 9.72 Å². The van der Waals surface area contributed by atoms with E-state index in [0.717, 1.165) is 37.5 Å². The van der Waals surface area contributed by atoms with E-state index in [0.29, 0.717) is 11.7 Å². The van der Waals surface area contributed by atoms with E-state index in [1.807, 2.05) is 6.92 Å². The lowest BCUT2D eigenvalue weighted by atomic mass is 9.90. The van der Waals surface area contributed by atoms with Crippen LogP contribution in [0.1, 0.15) is 53.4 Å². The summed E-state index contributed by atoms with van der Waals surface area (Å²) in [4.78, 5) is 21.5. The maximum atomic E-state index is 11.7. The maximum absolute atomic E-state index is 11.7. The number of benzene rings is 1. The van der Waals surface area contributed by atoms with Crippen LogP contribution in [0.25, 0.3) is 0 Å². The highest BCUT2D eigenvalue weighted by molar-refractivity contribution is 5.44. The van der Waals surface area contributed by atoms with E-state index in [4.69, 9.17) is 4.74 Å². The second kappa shape index (κ2) is 7.23. The van der Waals surface area contributed by atoms with Crippen LogP contribution >= 0.6 is 0 Å². The Morgan fingerprint density at radius 3 is 2.73 bits per heavy atom. The van der Waals surface area contributed by atoms with Gasteiger partial charge in [0.25, 0.3) is 5.56 Å². The number of nitrogens with zero attached hydrogens (tertiary/aromatic N) is 2. The molecule has 26 heavy (non-hydrogen) atoms. The predicted molar refractivity (Wildman–Crippen MR) is 102 cm³/mol. The molecule has 1 saturated heterocycles. The molecule has 1 atom stereocenters. The molecule has 0 bridgehead atoms. The fraction of sp³-hybridized carbons (Fsp3) is 0.524. The van der Waals surface area contributed by atoms with Crippen molar-refractivity contribution < 1.29 is 4.74 Å². The molecule has 1 aromatic carbocycles. The highest BCUT2D eigenvalue weighted by Crippen LogP contribution is 2.32. The fourth-order valence-corrected chi connectivity index (χ4v) is 4.40. The summed E-state index contributed by atoms with van der Waals surface area (Å²) in [5.41, 5.74) is 5.10. The topological polar surface area (TPSA) is 58.2 Å². The van der Waals surface area contributed by atoms with Crippen molar-refractivity contribution in [2.45, 2.75) is 51.5 Å². The van der Waals surface area contributed by atoms with Crippen LogP contribution in [0.4, 0.5) is 0 Å². The summed E-state index contributed by atoms with van der Waals surface area (Å²) in [5, 5.41) is 0. The van der Waals surface area contributed by atoms with Crippen LogP contribution in [0.2, 0.25) is 0 Å². The summed E-state index contributed by atoms with van der Waals surface area (Å²) < 4.78 is 5.68. The number of hydrogen-bond acceptors (Lipinski definition) is 4. The maximum Gasteiger partial charge on any atom is 0.251 e. The summed E-state index contributed by atoms with van der Waals surface area (Å²) in [6.45, 7) is 4.71. The molecule has 5 nitrogen and oxygen atoms in total. The third kappa shape index (κ3) is 3.54. The molecule has 4 rings (SSSR count). The van der Waals surface area contributed by atoms with Crippen molar-refractivity contribution in [3.8, 4) is 5.75 Å². The predicted octanol–water partition coefficient (Wildman–Crippen LogP) is 2.96. The molecule has 1 aliphatic heterocycles. The first kappa shape index (κ1) is 17.3. The number of likely N-dealkylation sites (tertiary alicyclic amines) is 1. The minimum absolute atomic E-state index is 0.0534. The number of nitrogens with one attached hydrogen (secondary N) is 1. The van der Waals surface area contributed by atoms with Crippen molar-refractivity contribution in [1.82, 2.24) is 14.9 Å². The van der Waals surface area contributed by atoms with Gasteiger partial charge in [-0.15, -0.1) is 0 Å². The molecule has 138 valence electrons. The SMILES string of the molecule is COc1cc2c(cc1CN1CC[C@@H](c3cc(=O)[nH]c(C)n3)C1)CCCC2. The van der Waals surface area contributed by atoms with E-state index in [2.05, 4.69) is 27.0 Å². The first-order chi connectivity index (χ1) is 12.6. The number of hydrogen-bond donors (Lipinski definition) is 1. The van der Waals surface area contributed by atoms with E-state index in [-0.39, 0.29) is 5.56 Å². The molecule has 0 saturated carbocycles. The summed E-state index contributed by atoms with van der Waals surface area (Å²) in [7, 11) is 1.77. The lowest BCUT2D eigenvalue weighted by Gasteiger charge is -2.22. The monoisotopic (exact) mass is 353 g/mol. The number of H-pyrrole nitrogens is 1. The molecule has 1 aromatic heterocycles. The molecule has 0 radical (unpaired) electrons. The molecule has 1 fully saturated rings. The first-order valence-electron chi connectivity index (χ1n) is 9.61. The van der Waals surface area contributed by atoms with Crippen LogP contribution in [0.15, 0.2) is 23.0 Å². The molecule has 5 heteroatoms. The molecule has 2 heterocycles. The number of aryl methyl sites for hydroxylation is 3. The highest BCUT2D eigenvalue weighted by atomic mass is 16.5. The number of rotatable bonds is 4. The Morgan fingerprint density at radius 2 is 2.00 bits per heavy atom. The Bertz CT molecular complexity index is 859. The van der Waals surface area contributed by atoms with Gasteiger partial charge >= 0.3 is 0 Å². The molecule has 0 unspecified atom stereocenters. The van der Waals surface area contributed by atoms with Crippen molar-refractivity contribution in [2.75, 3.05) is 20.2 Å². The van der Waals surface area contributed by atoms with Crippen molar-refractivity contribution in [2.24, 2.45) is 0 Å². The molecule has 2 aromatic rings. The zero-order valence-electron chi connectivity index (χ0n) is 15.7. The highest BCUT2D eigenvalue weighted by Gasteiger charge is 2.26. The molecular formula is C21H27N3O2. The van der Waals surface area contributed by atoms with E-state index in [1.165, 1.54) is 42.4 Å².